The lowest BCUT2D eigenvalue weighted by atomic mass is 9.98. The number of nitrogens with zero attached hydrogens (tertiary/aromatic N) is 1. The summed E-state index contributed by atoms with van der Waals surface area (Å²) >= 11 is 0. The first-order valence-electron chi connectivity index (χ1n) is 9.40. The van der Waals surface area contributed by atoms with Crippen molar-refractivity contribution >= 4 is 15.7 Å². The number of hydrogen-bond donors (Lipinski definition) is 1. The number of nitrogens with one attached hydrogen (secondary N) is 1. The molecule has 0 radical (unpaired) electrons. The fourth-order valence-electron chi connectivity index (χ4n) is 3.50. The molecule has 2 aromatic carbocycles. The molecule has 0 bridgehead atoms. The van der Waals surface area contributed by atoms with Gasteiger partial charge in [-0.15, -0.1) is 0 Å². The molecule has 1 aliphatic rings. The summed E-state index contributed by atoms with van der Waals surface area (Å²) in [6.45, 7) is 6.09. The molecule has 0 amide bonds. The van der Waals surface area contributed by atoms with Crippen LogP contribution >= 0.6 is 0 Å². The van der Waals surface area contributed by atoms with E-state index in [1.807, 2.05) is 24.3 Å². The minimum atomic E-state index is -3.60. The molecule has 4 nitrogen and oxygen atoms in total. The van der Waals surface area contributed by atoms with Crippen molar-refractivity contribution in [3.05, 3.63) is 59.7 Å². The van der Waals surface area contributed by atoms with Crippen LogP contribution in [0, 0.1) is 0 Å². The number of likely N-dealkylation sites (tertiary alicyclic amines) is 1. The quantitative estimate of drug-likeness (QED) is 0.764. The Morgan fingerprint density at radius 3 is 2.37 bits per heavy atom. The number of rotatable bonds is 7. The molecule has 0 saturated carbocycles. The van der Waals surface area contributed by atoms with Crippen molar-refractivity contribution in [2.75, 3.05) is 31.0 Å². The van der Waals surface area contributed by atoms with Crippen LogP contribution in [0.5, 0.6) is 0 Å². The summed E-state index contributed by atoms with van der Waals surface area (Å²) in [5, 5.41) is 0. The van der Waals surface area contributed by atoms with E-state index in [-0.39, 0.29) is 11.6 Å². The first kappa shape index (κ1) is 19.8. The molecule has 0 unspecified atom stereocenters. The van der Waals surface area contributed by atoms with Gasteiger partial charge in [-0.05, 0) is 60.2 Å². The van der Waals surface area contributed by atoms with Crippen LogP contribution in [0.2, 0.25) is 0 Å². The predicted octanol–water partition coefficient (Wildman–Crippen LogP) is 4.37. The standard InChI is InChI=1S/C21H27FN2O2S/c1-16(2)17-5-9-21(10-6-17)27(25,26)23-20-7-3-18(4-8-20)19-11-13-24(15-19)14-12-22/h3-10,16,19,23H,11-15H2,1-2H3/t19-/m1/s1. The van der Waals surface area contributed by atoms with Crippen LogP contribution in [0.3, 0.4) is 0 Å². The maximum absolute atomic E-state index is 12.6. The van der Waals surface area contributed by atoms with Crippen LogP contribution in [0.1, 0.15) is 43.2 Å². The zero-order valence-corrected chi connectivity index (χ0v) is 16.7. The van der Waals surface area contributed by atoms with E-state index in [0.717, 1.165) is 25.1 Å². The van der Waals surface area contributed by atoms with Crippen LogP contribution in [-0.4, -0.2) is 39.6 Å². The summed E-state index contributed by atoms with van der Waals surface area (Å²) in [7, 11) is -3.60. The Balaban J connectivity index is 1.67. The zero-order valence-electron chi connectivity index (χ0n) is 15.9. The Morgan fingerprint density at radius 2 is 1.78 bits per heavy atom. The van der Waals surface area contributed by atoms with Gasteiger partial charge in [-0.2, -0.15) is 0 Å². The third-order valence-electron chi connectivity index (χ3n) is 5.16. The summed E-state index contributed by atoms with van der Waals surface area (Å²) in [6, 6.07) is 14.5. The van der Waals surface area contributed by atoms with Crippen molar-refractivity contribution in [2.45, 2.75) is 37.0 Å². The van der Waals surface area contributed by atoms with Gasteiger partial charge in [-0.1, -0.05) is 38.1 Å². The number of benzene rings is 2. The predicted molar refractivity (Wildman–Crippen MR) is 108 cm³/mol. The highest BCUT2D eigenvalue weighted by atomic mass is 32.2. The SMILES string of the molecule is CC(C)c1ccc(S(=O)(=O)Nc2ccc([C@@H]3CCN(CCF)C3)cc2)cc1. The van der Waals surface area contributed by atoms with Crippen molar-refractivity contribution in [1.82, 2.24) is 4.90 Å². The second kappa shape index (κ2) is 8.40. The van der Waals surface area contributed by atoms with Gasteiger partial charge in [0.25, 0.3) is 10.0 Å². The lowest BCUT2D eigenvalue weighted by Gasteiger charge is -2.15. The highest BCUT2D eigenvalue weighted by Gasteiger charge is 2.23. The summed E-state index contributed by atoms with van der Waals surface area (Å²) in [5.74, 6) is 0.740. The number of anilines is 1. The molecule has 1 aliphatic heterocycles. The molecular weight excluding hydrogens is 363 g/mol. The molecule has 0 aromatic heterocycles. The third kappa shape index (κ3) is 4.87. The average Bonchev–Trinajstić information content (AvgIpc) is 3.11. The van der Waals surface area contributed by atoms with Crippen LogP contribution in [0.4, 0.5) is 10.1 Å². The first-order valence-corrected chi connectivity index (χ1v) is 10.9. The van der Waals surface area contributed by atoms with Crippen molar-refractivity contribution < 1.29 is 12.8 Å². The van der Waals surface area contributed by atoms with E-state index >= 15 is 0 Å². The normalized spacial score (nSPS) is 18.1. The van der Waals surface area contributed by atoms with Crippen LogP contribution in [-0.2, 0) is 10.0 Å². The van der Waals surface area contributed by atoms with Crippen molar-refractivity contribution in [1.29, 1.82) is 0 Å². The molecule has 1 heterocycles. The third-order valence-corrected chi connectivity index (χ3v) is 6.56. The van der Waals surface area contributed by atoms with Gasteiger partial charge in [0.05, 0.1) is 4.90 Å². The summed E-state index contributed by atoms with van der Waals surface area (Å²) < 4.78 is 40.3. The van der Waals surface area contributed by atoms with Crippen LogP contribution in [0.25, 0.3) is 0 Å². The van der Waals surface area contributed by atoms with E-state index in [4.69, 9.17) is 0 Å². The van der Waals surface area contributed by atoms with Crippen LogP contribution < -0.4 is 4.72 Å². The summed E-state index contributed by atoms with van der Waals surface area (Å²) in [5.41, 5.74) is 2.82. The fourth-order valence-corrected chi connectivity index (χ4v) is 4.56. The molecule has 1 saturated heterocycles. The molecule has 1 atom stereocenters. The molecular formula is C21H27FN2O2S. The largest absolute Gasteiger partial charge is 0.300 e. The Bertz CT molecular complexity index is 849. The van der Waals surface area contributed by atoms with Crippen molar-refractivity contribution in [3.8, 4) is 0 Å². The maximum Gasteiger partial charge on any atom is 0.261 e. The molecule has 0 aliphatic carbocycles. The lowest BCUT2D eigenvalue weighted by Crippen LogP contribution is -2.22. The molecule has 3 rings (SSSR count). The second-order valence-corrected chi connectivity index (χ2v) is 9.11. The number of sulfonamides is 1. The van der Waals surface area contributed by atoms with Crippen LogP contribution in [0.15, 0.2) is 53.4 Å². The lowest BCUT2D eigenvalue weighted by molar-refractivity contribution is 0.294. The van der Waals surface area contributed by atoms with E-state index in [1.165, 1.54) is 5.56 Å². The zero-order chi connectivity index (χ0) is 19.4. The van der Waals surface area contributed by atoms with Crippen molar-refractivity contribution in [3.63, 3.8) is 0 Å². The fraction of sp³-hybridized carbons (Fsp3) is 0.429. The molecule has 146 valence electrons. The Morgan fingerprint density at radius 1 is 1.11 bits per heavy atom. The summed E-state index contributed by atoms with van der Waals surface area (Å²) in [6.07, 6.45) is 1.01. The number of halogens is 1. The van der Waals surface area contributed by atoms with Gasteiger partial charge in [0.1, 0.15) is 6.67 Å². The molecule has 1 fully saturated rings. The van der Waals surface area contributed by atoms with Gasteiger partial charge in [-0.25, -0.2) is 12.8 Å². The minimum Gasteiger partial charge on any atom is -0.300 e. The highest BCUT2D eigenvalue weighted by Crippen LogP contribution is 2.28. The van der Waals surface area contributed by atoms with Gasteiger partial charge in [0, 0.05) is 18.8 Å². The Labute approximate surface area is 161 Å². The Kier molecular flexibility index (Phi) is 6.17. The average molecular weight is 391 g/mol. The first-order chi connectivity index (χ1) is 12.9. The highest BCUT2D eigenvalue weighted by molar-refractivity contribution is 7.92. The number of alkyl halides is 1. The van der Waals surface area contributed by atoms with Crippen molar-refractivity contribution in [2.24, 2.45) is 0 Å². The Hall–Kier alpha value is -1.92. The number of hydrogen-bond acceptors (Lipinski definition) is 3. The van der Waals surface area contributed by atoms with E-state index in [2.05, 4.69) is 23.5 Å². The van der Waals surface area contributed by atoms with Gasteiger partial charge < -0.3 is 4.90 Å². The van der Waals surface area contributed by atoms with Gasteiger partial charge in [0.2, 0.25) is 0 Å². The topological polar surface area (TPSA) is 49.4 Å². The molecule has 27 heavy (non-hydrogen) atoms. The van der Waals surface area contributed by atoms with E-state index in [1.54, 1.807) is 24.3 Å². The molecule has 0 spiro atoms. The van der Waals surface area contributed by atoms with Gasteiger partial charge in [0.15, 0.2) is 0 Å². The molecule has 2 aromatic rings. The van der Waals surface area contributed by atoms with E-state index < -0.39 is 10.0 Å². The summed E-state index contributed by atoms with van der Waals surface area (Å²) in [4.78, 5) is 2.39. The monoisotopic (exact) mass is 390 g/mol. The van der Waals surface area contributed by atoms with E-state index in [0.29, 0.717) is 24.1 Å². The molecule has 6 heteroatoms. The van der Waals surface area contributed by atoms with Gasteiger partial charge >= 0.3 is 0 Å². The maximum atomic E-state index is 12.6. The van der Waals surface area contributed by atoms with Gasteiger partial charge in [-0.3, -0.25) is 4.72 Å². The second-order valence-electron chi connectivity index (χ2n) is 7.43. The minimum absolute atomic E-state index is 0.258. The van der Waals surface area contributed by atoms with E-state index in [9.17, 15) is 12.8 Å². The molecule has 1 N–H and O–H groups in total. The smallest absolute Gasteiger partial charge is 0.261 e.